The molecule has 0 aliphatic rings. The van der Waals surface area contributed by atoms with Crippen LogP contribution in [0.15, 0.2) is 36.7 Å². The van der Waals surface area contributed by atoms with Gasteiger partial charge in [-0.3, -0.25) is 4.98 Å². The van der Waals surface area contributed by atoms with Crippen LogP contribution >= 0.6 is 0 Å². The van der Waals surface area contributed by atoms with Crippen LogP contribution < -0.4 is 10.2 Å². The van der Waals surface area contributed by atoms with E-state index in [9.17, 15) is 0 Å². The summed E-state index contributed by atoms with van der Waals surface area (Å²) in [7, 11) is 2.05. The Hall–Kier alpha value is -1.94. The molecule has 1 N–H and O–H groups in total. The largest absolute Gasteiger partial charge is 0.354 e. The molecule has 1 heterocycles. The lowest BCUT2D eigenvalue weighted by Crippen LogP contribution is -2.19. The van der Waals surface area contributed by atoms with Crippen LogP contribution in [0.3, 0.4) is 0 Å². The highest BCUT2D eigenvalue weighted by atomic mass is 15.2. The quantitative estimate of drug-likeness (QED) is 0.794. The molecule has 2 aromatic rings. The van der Waals surface area contributed by atoms with Gasteiger partial charge in [0, 0.05) is 20.1 Å². The van der Waals surface area contributed by atoms with Crippen molar-refractivity contribution in [3.8, 4) is 0 Å². The van der Waals surface area contributed by atoms with Gasteiger partial charge in [-0.05, 0) is 31.0 Å². The molecule has 1 aromatic carbocycles. The third-order valence-corrected chi connectivity index (χ3v) is 3.48. The van der Waals surface area contributed by atoms with Crippen molar-refractivity contribution in [1.29, 1.82) is 0 Å². The van der Waals surface area contributed by atoms with Gasteiger partial charge >= 0.3 is 0 Å². The molecule has 0 radical (unpaired) electrons. The zero-order valence-corrected chi connectivity index (χ0v) is 13.1. The van der Waals surface area contributed by atoms with Gasteiger partial charge < -0.3 is 10.2 Å². The van der Waals surface area contributed by atoms with Crippen molar-refractivity contribution in [2.75, 3.05) is 18.5 Å². The van der Waals surface area contributed by atoms with E-state index in [0.29, 0.717) is 0 Å². The Morgan fingerprint density at radius 1 is 1.14 bits per heavy atom. The Morgan fingerprint density at radius 3 is 2.62 bits per heavy atom. The van der Waals surface area contributed by atoms with Gasteiger partial charge in [0.2, 0.25) is 0 Å². The number of anilines is 1. The maximum Gasteiger partial charge on any atom is 0.147 e. The van der Waals surface area contributed by atoms with Crippen LogP contribution in [-0.2, 0) is 13.1 Å². The number of hydrogen-bond donors (Lipinski definition) is 1. The fraction of sp³-hybridized carbons (Fsp3) is 0.412. The summed E-state index contributed by atoms with van der Waals surface area (Å²) in [5.41, 5.74) is 3.60. The van der Waals surface area contributed by atoms with E-state index in [-0.39, 0.29) is 0 Å². The van der Waals surface area contributed by atoms with E-state index < -0.39 is 0 Å². The molecule has 0 aliphatic heterocycles. The van der Waals surface area contributed by atoms with Crippen molar-refractivity contribution in [3.63, 3.8) is 0 Å². The molecule has 112 valence electrons. The topological polar surface area (TPSA) is 41.1 Å². The second-order valence-corrected chi connectivity index (χ2v) is 5.33. The SMILES string of the molecule is CCCNCc1cnc(N(C)Cc2ccccc2C)cn1. The second-order valence-electron chi connectivity index (χ2n) is 5.33. The van der Waals surface area contributed by atoms with Gasteiger partial charge in [-0.25, -0.2) is 4.98 Å². The second kappa shape index (κ2) is 7.74. The molecule has 1 aromatic heterocycles. The van der Waals surface area contributed by atoms with E-state index in [1.807, 2.05) is 19.4 Å². The van der Waals surface area contributed by atoms with Gasteiger partial charge in [0.25, 0.3) is 0 Å². The van der Waals surface area contributed by atoms with Gasteiger partial charge in [0.1, 0.15) is 5.82 Å². The maximum atomic E-state index is 4.51. The normalized spacial score (nSPS) is 10.6. The highest BCUT2D eigenvalue weighted by Crippen LogP contribution is 2.14. The van der Waals surface area contributed by atoms with Crippen molar-refractivity contribution in [2.24, 2.45) is 0 Å². The van der Waals surface area contributed by atoms with Gasteiger partial charge in [-0.1, -0.05) is 31.2 Å². The van der Waals surface area contributed by atoms with Crippen molar-refractivity contribution in [2.45, 2.75) is 33.4 Å². The first kappa shape index (κ1) is 15.4. The minimum Gasteiger partial charge on any atom is -0.354 e. The molecular formula is C17H24N4. The summed E-state index contributed by atoms with van der Waals surface area (Å²) in [5.74, 6) is 0.900. The van der Waals surface area contributed by atoms with Crippen molar-refractivity contribution >= 4 is 5.82 Å². The standard InChI is InChI=1S/C17H24N4/c1-4-9-18-10-16-11-20-17(12-19-16)21(3)13-15-8-6-5-7-14(15)2/h5-8,11-12,18H,4,9-10,13H2,1-3H3. The fourth-order valence-corrected chi connectivity index (χ4v) is 2.15. The van der Waals surface area contributed by atoms with Crippen molar-refractivity contribution < 1.29 is 0 Å². The van der Waals surface area contributed by atoms with E-state index in [1.165, 1.54) is 11.1 Å². The van der Waals surface area contributed by atoms with Crippen LogP contribution in [0.2, 0.25) is 0 Å². The minimum atomic E-state index is 0.780. The number of benzene rings is 1. The molecule has 0 amide bonds. The lowest BCUT2D eigenvalue weighted by atomic mass is 10.1. The summed E-state index contributed by atoms with van der Waals surface area (Å²) >= 11 is 0. The summed E-state index contributed by atoms with van der Waals surface area (Å²) in [4.78, 5) is 11.1. The lowest BCUT2D eigenvalue weighted by molar-refractivity contribution is 0.661. The fourth-order valence-electron chi connectivity index (χ4n) is 2.15. The summed E-state index contributed by atoms with van der Waals surface area (Å²) in [5, 5.41) is 3.33. The smallest absolute Gasteiger partial charge is 0.147 e. The molecule has 0 bridgehead atoms. The highest BCUT2D eigenvalue weighted by molar-refractivity contribution is 5.38. The van der Waals surface area contributed by atoms with Gasteiger partial charge in [0.05, 0.1) is 18.1 Å². The van der Waals surface area contributed by atoms with Gasteiger partial charge in [-0.15, -0.1) is 0 Å². The molecule has 4 heteroatoms. The van der Waals surface area contributed by atoms with Crippen molar-refractivity contribution in [1.82, 2.24) is 15.3 Å². The van der Waals surface area contributed by atoms with Gasteiger partial charge in [0.15, 0.2) is 0 Å². The van der Waals surface area contributed by atoms with Crippen LogP contribution in [0, 0.1) is 6.92 Å². The molecule has 21 heavy (non-hydrogen) atoms. The van der Waals surface area contributed by atoms with E-state index in [1.54, 1.807) is 0 Å². The van der Waals surface area contributed by atoms with E-state index in [4.69, 9.17) is 0 Å². The van der Waals surface area contributed by atoms with Gasteiger partial charge in [-0.2, -0.15) is 0 Å². The third kappa shape index (κ3) is 4.53. The minimum absolute atomic E-state index is 0.780. The first-order valence-electron chi connectivity index (χ1n) is 7.48. The monoisotopic (exact) mass is 284 g/mol. The predicted octanol–water partition coefficient (Wildman–Crippen LogP) is 2.92. The predicted molar refractivity (Wildman–Crippen MR) is 87.3 cm³/mol. The summed E-state index contributed by atoms with van der Waals surface area (Å²) in [6.45, 7) is 6.92. The van der Waals surface area contributed by atoms with E-state index >= 15 is 0 Å². The van der Waals surface area contributed by atoms with E-state index in [2.05, 4.69) is 58.3 Å². The first-order chi connectivity index (χ1) is 10.2. The summed E-state index contributed by atoms with van der Waals surface area (Å²) in [6, 6.07) is 8.43. The van der Waals surface area contributed by atoms with Crippen LogP contribution in [0.1, 0.15) is 30.2 Å². The first-order valence-corrected chi connectivity index (χ1v) is 7.48. The number of hydrogen-bond acceptors (Lipinski definition) is 4. The molecule has 0 aliphatic carbocycles. The number of nitrogens with zero attached hydrogens (tertiary/aromatic N) is 3. The maximum absolute atomic E-state index is 4.51. The Morgan fingerprint density at radius 2 is 1.95 bits per heavy atom. The summed E-state index contributed by atoms with van der Waals surface area (Å²) in [6.07, 6.45) is 4.83. The summed E-state index contributed by atoms with van der Waals surface area (Å²) < 4.78 is 0. The van der Waals surface area contributed by atoms with Crippen LogP contribution in [0.5, 0.6) is 0 Å². The molecule has 0 saturated carbocycles. The molecule has 0 spiro atoms. The lowest BCUT2D eigenvalue weighted by Gasteiger charge is -2.19. The number of aromatic nitrogens is 2. The molecule has 0 atom stereocenters. The Balaban J connectivity index is 1.96. The molecule has 4 nitrogen and oxygen atoms in total. The average Bonchev–Trinajstić information content (AvgIpc) is 2.50. The molecule has 0 saturated heterocycles. The number of aryl methyl sites for hydroxylation is 1. The number of nitrogens with one attached hydrogen (secondary N) is 1. The molecule has 0 unspecified atom stereocenters. The Labute approximate surface area is 127 Å². The van der Waals surface area contributed by atoms with Crippen LogP contribution in [-0.4, -0.2) is 23.6 Å². The molecular weight excluding hydrogens is 260 g/mol. The Bertz CT molecular complexity index is 551. The number of rotatable bonds is 7. The van der Waals surface area contributed by atoms with Crippen LogP contribution in [0.4, 0.5) is 5.82 Å². The molecule has 0 fully saturated rings. The van der Waals surface area contributed by atoms with Crippen LogP contribution in [0.25, 0.3) is 0 Å². The highest BCUT2D eigenvalue weighted by Gasteiger charge is 2.06. The average molecular weight is 284 g/mol. The zero-order chi connectivity index (χ0) is 15.1. The Kier molecular flexibility index (Phi) is 5.69. The third-order valence-electron chi connectivity index (χ3n) is 3.48. The van der Waals surface area contributed by atoms with Crippen molar-refractivity contribution in [3.05, 3.63) is 53.5 Å². The molecule has 2 rings (SSSR count). The van der Waals surface area contributed by atoms with E-state index in [0.717, 1.165) is 37.6 Å². The zero-order valence-electron chi connectivity index (χ0n) is 13.1.